The number of rotatable bonds is 4. The van der Waals surface area contributed by atoms with E-state index in [1.807, 2.05) is 0 Å². The number of carbonyl (C=O) groups is 2. The number of hydrogen-bond acceptors (Lipinski definition) is 2. The number of amides is 1. The van der Waals surface area contributed by atoms with Crippen LogP contribution in [0.1, 0.15) is 16.8 Å². The van der Waals surface area contributed by atoms with Crippen LogP contribution in [0.2, 0.25) is 0 Å². The Morgan fingerprint density at radius 3 is 2.47 bits per heavy atom. The first-order valence-electron chi connectivity index (χ1n) is 4.58. The summed E-state index contributed by atoms with van der Waals surface area (Å²) in [4.78, 5) is 22.0. The normalized spacial score (nSPS) is 9.76. The molecule has 0 aliphatic carbocycles. The van der Waals surface area contributed by atoms with E-state index in [4.69, 9.17) is 5.11 Å². The van der Waals surface area contributed by atoms with Crippen LogP contribution in [0.5, 0.6) is 0 Å². The van der Waals surface area contributed by atoms with Gasteiger partial charge in [-0.3, -0.25) is 4.79 Å². The lowest BCUT2D eigenvalue weighted by atomic mass is 10.1. The van der Waals surface area contributed by atoms with E-state index in [-0.39, 0.29) is 12.1 Å². The van der Waals surface area contributed by atoms with Gasteiger partial charge in [0.2, 0.25) is 5.91 Å². The third kappa shape index (κ3) is 3.10. The van der Waals surface area contributed by atoms with Crippen LogP contribution in [-0.4, -0.2) is 17.0 Å². The first kappa shape index (κ1) is 12.8. The summed E-state index contributed by atoms with van der Waals surface area (Å²) >= 11 is 0. The van der Waals surface area contributed by atoms with Crippen molar-refractivity contribution in [2.45, 2.75) is 6.42 Å². The minimum absolute atomic E-state index is 0.0575. The maximum atomic E-state index is 12.9. The number of anilines is 1. The average Bonchev–Trinajstić information content (AvgIpc) is 2.23. The van der Waals surface area contributed by atoms with Crippen molar-refractivity contribution in [3.05, 3.63) is 42.0 Å². The number of nitrogens with one attached hydrogen (secondary N) is 1. The standard InChI is InChI=1S/C11H9F2NO3/c1-2-3-10(15)14-9-5-8(13)7(12)4-6(9)11(16)17/h2,4-5H,1,3H2,(H,14,15)(H,16,17). The van der Waals surface area contributed by atoms with Crippen LogP contribution in [0.4, 0.5) is 14.5 Å². The molecule has 0 bridgehead atoms. The van der Waals surface area contributed by atoms with E-state index in [1.54, 1.807) is 0 Å². The highest BCUT2D eigenvalue weighted by Gasteiger charge is 2.16. The van der Waals surface area contributed by atoms with Crippen LogP contribution in [0.15, 0.2) is 24.8 Å². The lowest BCUT2D eigenvalue weighted by Gasteiger charge is -2.08. The second-order valence-electron chi connectivity index (χ2n) is 3.16. The van der Waals surface area contributed by atoms with Crippen molar-refractivity contribution in [3.63, 3.8) is 0 Å². The zero-order valence-electron chi connectivity index (χ0n) is 8.67. The molecule has 0 aromatic heterocycles. The fraction of sp³-hybridized carbons (Fsp3) is 0.0909. The zero-order valence-corrected chi connectivity index (χ0v) is 8.67. The molecular weight excluding hydrogens is 232 g/mol. The maximum Gasteiger partial charge on any atom is 0.337 e. The SMILES string of the molecule is C=CCC(=O)Nc1cc(F)c(F)cc1C(=O)O. The summed E-state index contributed by atoms with van der Waals surface area (Å²) in [7, 11) is 0. The number of carbonyl (C=O) groups excluding carboxylic acids is 1. The first-order chi connectivity index (χ1) is 7.95. The van der Waals surface area contributed by atoms with Gasteiger partial charge in [0.05, 0.1) is 11.3 Å². The summed E-state index contributed by atoms with van der Waals surface area (Å²) in [5.74, 6) is -4.54. The van der Waals surface area contributed by atoms with Gasteiger partial charge in [-0.25, -0.2) is 13.6 Å². The smallest absolute Gasteiger partial charge is 0.337 e. The second-order valence-corrected chi connectivity index (χ2v) is 3.16. The average molecular weight is 241 g/mol. The number of halogens is 2. The Bertz CT molecular complexity index is 486. The molecule has 0 aliphatic heterocycles. The molecule has 0 spiro atoms. The second kappa shape index (κ2) is 5.20. The number of benzene rings is 1. The fourth-order valence-corrected chi connectivity index (χ4v) is 1.16. The molecule has 0 fully saturated rings. The highest BCUT2D eigenvalue weighted by molar-refractivity contribution is 6.00. The summed E-state index contributed by atoms with van der Waals surface area (Å²) in [6.07, 6.45) is 1.24. The number of aromatic carboxylic acids is 1. The van der Waals surface area contributed by atoms with Gasteiger partial charge in [0.1, 0.15) is 0 Å². The van der Waals surface area contributed by atoms with Crippen molar-refractivity contribution in [2.24, 2.45) is 0 Å². The van der Waals surface area contributed by atoms with Crippen LogP contribution in [-0.2, 0) is 4.79 Å². The van der Waals surface area contributed by atoms with Crippen LogP contribution < -0.4 is 5.32 Å². The van der Waals surface area contributed by atoms with Gasteiger partial charge in [0.15, 0.2) is 11.6 Å². The Morgan fingerprint density at radius 1 is 1.35 bits per heavy atom. The number of hydrogen-bond donors (Lipinski definition) is 2. The topological polar surface area (TPSA) is 66.4 Å². The Hall–Kier alpha value is -2.24. The van der Waals surface area contributed by atoms with Gasteiger partial charge in [0.25, 0.3) is 0 Å². The highest BCUT2D eigenvalue weighted by atomic mass is 19.2. The molecule has 0 aliphatic rings. The summed E-state index contributed by atoms with van der Waals surface area (Å²) < 4.78 is 25.8. The van der Waals surface area contributed by atoms with Gasteiger partial charge in [0, 0.05) is 12.5 Å². The van der Waals surface area contributed by atoms with Gasteiger partial charge < -0.3 is 10.4 Å². The van der Waals surface area contributed by atoms with Crippen molar-refractivity contribution in [3.8, 4) is 0 Å². The van der Waals surface area contributed by atoms with Crippen LogP contribution >= 0.6 is 0 Å². The van der Waals surface area contributed by atoms with Gasteiger partial charge in [-0.15, -0.1) is 6.58 Å². The highest BCUT2D eigenvalue weighted by Crippen LogP contribution is 2.20. The Kier molecular flexibility index (Phi) is 3.92. The van der Waals surface area contributed by atoms with Crippen LogP contribution in [0.25, 0.3) is 0 Å². The molecule has 0 unspecified atom stereocenters. The predicted octanol–water partition coefficient (Wildman–Crippen LogP) is 2.18. The van der Waals surface area contributed by atoms with E-state index in [0.717, 1.165) is 0 Å². The van der Waals surface area contributed by atoms with Crippen molar-refractivity contribution in [2.75, 3.05) is 5.32 Å². The molecule has 1 amide bonds. The Balaban J connectivity index is 3.12. The third-order valence-electron chi connectivity index (χ3n) is 1.89. The van der Waals surface area contributed by atoms with Crippen LogP contribution in [0, 0.1) is 11.6 Å². The van der Waals surface area contributed by atoms with Gasteiger partial charge in [-0.2, -0.15) is 0 Å². The van der Waals surface area contributed by atoms with E-state index in [0.29, 0.717) is 12.1 Å². The molecule has 17 heavy (non-hydrogen) atoms. The summed E-state index contributed by atoms with van der Waals surface area (Å²) in [6.45, 7) is 3.32. The van der Waals surface area contributed by atoms with E-state index < -0.39 is 29.1 Å². The molecule has 4 nitrogen and oxygen atoms in total. The molecule has 2 N–H and O–H groups in total. The fourth-order valence-electron chi connectivity index (χ4n) is 1.16. The molecule has 0 saturated heterocycles. The first-order valence-corrected chi connectivity index (χ1v) is 4.58. The van der Waals surface area contributed by atoms with Crippen molar-refractivity contribution in [1.29, 1.82) is 0 Å². The molecule has 1 rings (SSSR count). The lowest BCUT2D eigenvalue weighted by molar-refractivity contribution is -0.115. The molecule has 0 saturated carbocycles. The number of carboxylic acid groups (broad SMARTS) is 1. The van der Waals surface area contributed by atoms with Crippen LogP contribution in [0.3, 0.4) is 0 Å². The third-order valence-corrected chi connectivity index (χ3v) is 1.89. The quantitative estimate of drug-likeness (QED) is 0.794. The molecule has 90 valence electrons. The monoisotopic (exact) mass is 241 g/mol. The number of carboxylic acids is 1. The van der Waals surface area contributed by atoms with Crippen molar-refractivity contribution in [1.82, 2.24) is 0 Å². The van der Waals surface area contributed by atoms with Gasteiger partial charge >= 0.3 is 5.97 Å². The van der Waals surface area contributed by atoms with E-state index in [9.17, 15) is 18.4 Å². The van der Waals surface area contributed by atoms with E-state index >= 15 is 0 Å². The molecular formula is C11H9F2NO3. The summed E-state index contributed by atoms with van der Waals surface area (Å²) in [6, 6.07) is 1.14. The van der Waals surface area contributed by atoms with Gasteiger partial charge in [-0.05, 0) is 6.07 Å². The molecule has 1 aromatic rings. The molecule has 6 heteroatoms. The van der Waals surface area contributed by atoms with Gasteiger partial charge in [-0.1, -0.05) is 6.08 Å². The predicted molar refractivity (Wildman–Crippen MR) is 56.8 cm³/mol. The minimum atomic E-state index is -1.46. The molecule has 1 aromatic carbocycles. The lowest BCUT2D eigenvalue weighted by Crippen LogP contribution is -2.14. The summed E-state index contributed by atoms with van der Waals surface area (Å²) in [5, 5.41) is 10.9. The van der Waals surface area contributed by atoms with E-state index in [1.165, 1.54) is 6.08 Å². The van der Waals surface area contributed by atoms with Crippen molar-refractivity contribution < 1.29 is 23.5 Å². The zero-order chi connectivity index (χ0) is 13.0. The van der Waals surface area contributed by atoms with E-state index in [2.05, 4.69) is 11.9 Å². The van der Waals surface area contributed by atoms with Crippen molar-refractivity contribution >= 4 is 17.6 Å². The minimum Gasteiger partial charge on any atom is -0.478 e. The molecule has 0 heterocycles. The molecule has 0 radical (unpaired) electrons. The largest absolute Gasteiger partial charge is 0.478 e. The Morgan fingerprint density at radius 2 is 1.94 bits per heavy atom. The molecule has 0 atom stereocenters. The maximum absolute atomic E-state index is 12.9. The summed E-state index contributed by atoms with van der Waals surface area (Å²) in [5.41, 5.74) is -0.801. The Labute approximate surface area is 95.6 Å².